The molecule has 2 aromatic rings. The van der Waals surface area contributed by atoms with Gasteiger partial charge in [-0.1, -0.05) is 76.2 Å². The van der Waals surface area contributed by atoms with Gasteiger partial charge in [0.05, 0.1) is 0 Å². The van der Waals surface area contributed by atoms with Crippen molar-refractivity contribution in [2.45, 2.75) is 41.5 Å². The van der Waals surface area contributed by atoms with Crippen LogP contribution in [0, 0.1) is 13.8 Å². The SMILES string of the molecule is CC.CC.Cc1ccc(-c2ccccc2)cc1C. The molecule has 0 unspecified atom stereocenters. The fraction of sp³-hybridized carbons (Fsp3) is 0.333. The van der Waals surface area contributed by atoms with Crippen LogP contribution in [0.15, 0.2) is 48.5 Å². The summed E-state index contributed by atoms with van der Waals surface area (Å²) in [6, 6.07) is 17.1. The summed E-state index contributed by atoms with van der Waals surface area (Å²) in [7, 11) is 0. The van der Waals surface area contributed by atoms with Gasteiger partial charge >= 0.3 is 0 Å². The highest BCUT2D eigenvalue weighted by molar-refractivity contribution is 5.64. The first-order valence-electron chi connectivity index (χ1n) is 6.90. The van der Waals surface area contributed by atoms with Crippen molar-refractivity contribution in [3.05, 3.63) is 59.7 Å². The van der Waals surface area contributed by atoms with Gasteiger partial charge < -0.3 is 0 Å². The van der Waals surface area contributed by atoms with Crippen LogP contribution in [0.3, 0.4) is 0 Å². The maximum atomic E-state index is 2.24. The Morgan fingerprint density at radius 3 is 1.61 bits per heavy atom. The first-order valence-corrected chi connectivity index (χ1v) is 6.90. The minimum atomic E-state index is 1.29. The Morgan fingerprint density at radius 1 is 0.556 bits per heavy atom. The molecule has 2 aromatic carbocycles. The predicted molar refractivity (Wildman–Crippen MR) is 84.0 cm³/mol. The monoisotopic (exact) mass is 242 g/mol. The van der Waals surface area contributed by atoms with Crippen LogP contribution in [0.2, 0.25) is 0 Å². The molecule has 0 bridgehead atoms. The van der Waals surface area contributed by atoms with E-state index in [1.165, 1.54) is 22.3 Å². The van der Waals surface area contributed by atoms with E-state index >= 15 is 0 Å². The van der Waals surface area contributed by atoms with E-state index in [2.05, 4.69) is 56.3 Å². The van der Waals surface area contributed by atoms with Crippen LogP contribution in [0.4, 0.5) is 0 Å². The highest BCUT2D eigenvalue weighted by Crippen LogP contribution is 2.21. The molecule has 0 aromatic heterocycles. The molecule has 0 heterocycles. The van der Waals surface area contributed by atoms with Gasteiger partial charge in [0.25, 0.3) is 0 Å². The van der Waals surface area contributed by atoms with E-state index in [0.717, 1.165) is 0 Å². The summed E-state index contributed by atoms with van der Waals surface area (Å²) in [6.07, 6.45) is 0. The number of hydrogen-bond acceptors (Lipinski definition) is 0. The molecule has 0 spiro atoms. The zero-order valence-corrected chi connectivity index (χ0v) is 12.6. The molecule has 0 saturated heterocycles. The first-order chi connectivity index (χ1) is 8.77. The average molecular weight is 242 g/mol. The van der Waals surface area contributed by atoms with E-state index in [-0.39, 0.29) is 0 Å². The molecule has 0 fully saturated rings. The van der Waals surface area contributed by atoms with Crippen molar-refractivity contribution in [1.29, 1.82) is 0 Å². The summed E-state index contributed by atoms with van der Waals surface area (Å²) in [4.78, 5) is 0. The van der Waals surface area contributed by atoms with Crippen molar-refractivity contribution >= 4 is 0 Å². The van der Waals surface area contributed by atoms with E-state index in [1.54, 1.807) is 0 Å². The lowest BCUT2D eigenvalue weighted by Gasteiger charge is -2.04. The third kappa shape index (κ3) is 4.75. The zero-order chi connectivity index (χ0) is 14.0. The van der Waals surface area contributed by atoms with Crippen LogP contribution in [0.25, 0.3) is 11.1 Å². The third-order valence-corrected chi connectivity index (χ3v) is 2.61. The van der Waals surface area contributed by atoms with Crippen molar-refractivity contribution < 1.29 is 0 Å². The maximum absolute atomic E-state index is 2.24. The fourth-order valence-corrected chi connectivity index (χ4v) is 1.55. The second-order valence-electron chi connectivity index (χ2n) is 3.67. The van der Waals surface area contributed by atoms with E-state index in [1.807, 2.05) is 33.8 Å². The lowest BCUT2D eigenvalue weighted by molar-refractivity contribution is 1.34. The Morgan fingerprint density at radius 2 is 1.11 bits per heavy atom. The van der Waals surface area contributed by atoms with Crippen molar-refractivity contribution in [1.82, 2.24) is 0 Å². The van der Waals surface area contributed by atoms with Crippen LogP contribution in [-0.2, 0) is 0 Å². The largest absolute Gasteiger partial charge is 0.0683 e. The fourth-order valence-electron chi connectivity index (χ4n) is 1.55. The van der Waals surface area contributed by atoms with Crippen molar-refractivity contribution in [2.75, 3.05) is 0 Å². The third-order valence-electron chi connectivity index (χ3n) is 2.61. The Bertz CT molecular complexity index is 427. The second kappa shape index (κ2) is 9.47. The van der Waals surface area contributed by atoms with Crippen molar-refractivity contribution in [2.24, 2.45) is 0 Å². The van der Waals surface area contributed by atoms with Crippen LogP contribution >= 0.6 is 0 Å². The Kier molecular flexibility index (Phi) is 8.65. The van der Waals surface area contributed by atoms with Gasteiger partial charge in [-0.25, -0.2) is 0 Å². The molecular formula is C18H26. The van der Waals surface area contributed by atoms with E-state index in [9.17, 15) is 0 Å². The van der Waals surface area contributed by atoms with Gasteiger partial charge in [-0.3, -0.25) is 0 Å². The van der Waals surface area contributed by atoms with Gasteiger partial charge in [-0.05, 0) is 36.1 Å². The molecule has 0 N–H and O–H groups in total. The van der Waals surface area contributed by atoms with Gasteiger partial charge in [0.15, 0.2) is 0 Å². The minimum Gasteiger partial charge on any atom is -0.0683 e. The van der Waals surface area contributed by atoms with E-state index < -0.39 is 0 Å². The van der Waals surface area contributed by atoms with Crippen LogP contribution in [0.5, 0.6) is 0 Å². The molecule has 0 aliphatic rings. The molecule has 0 nitrogen and oxygen atoms in total. The molecular weight excluding hydrogens is 216 g/mol. The summed E-state index contributed by atoms with van der Waals surface area (Å²) in [5.41, 5.74) is 5.29. The summed E-state index contributed by atoms with van der Waals surface area (Å²) < 4.78 is 0. The molecule has 0 saturated carbocycles. The number of rotatable bonds is 1. The number of aryl methyl sites for hydroxylation is 2. The summed E-state index contributed by atoms with van der Waals surface area (Å²) >= 11 is 0. The topological polar surface area (TPSA) is 0 Å². The molecule has 0 amide bonds. The van der Waals surface area contributed by atoms with Gasteiger partial charge in [0.2, 0.25) is 0 Å². The number of hydrogen-bond donors (Lipinski definition) is 0. The van der Waals surface area contributed by atoms with Gasteiger partial charge in [-0.2, -0.15) is 0 Å². The smallest absolute Gasteiger partial charge is 0.0181 e. The summed E-state index contributed by atoms with van der Waals surface area (Å²) in [6.45, 7) is 12.3. The van der Waals surface area contributed by atoms with Crippen molar-refractivity contribution in [3.8, 4) is 11.1 Å². The molecule has 0 heteroatoms. The van der Waals surface area contributed by atoms with E-state index in [0.29, 0.717) is 0 Å². The van der Waals surface area contributed by atoms with Gasteiger partial charge in [0.1, 0.15) is 0 Å². The summed E-state index contributed by atoms with van der Waals surface area (Å²) in [5, 5.41) is 0. The number of benzene rings is 2. The Labute approximate surface area is 113 Å². The zero-order valence-electron chi connectivity index (χ0n) is 12.6. The van der Waals surface area contributed by atoms with Crippen LogP contribution < -0.4 is 0 Å². The minimum absolute atomic E-state index is 1.29. The summed E-state index contributed by atoms with van der Waals surface area (Å²) in [5.74, 6) is 0. The van der Waals surface area contributed by atoms with Gasteiger partial charge in [-0.15, -0.1) is 0 Å². The quantitative estimate of drug-likeness (QED) is 0.573. The molecule has 0 atom stereocenters. The molecule has 98 valence electrons. The standard InChI is InChI=1S/C14H14.2C2H6/c1-11-8-9-14(10-12(11)2)13-6-4-3-5-7-13;2*1-2/h3-10H,1-2H3;2*1-2H3. The normalized spacial score (nSPS) is 8.56. The lowest BCUT2D eigenvalue weighted by atomic mass is 10.0. The van der Waals surface area contributed by atoms with Gasteiger partial charge in [0, 0.05) is 0 Å². The maximum Gasteiger partial charge on any atom is -0.0181 e. The Hall–Kier alpha value is -1.56. The van der Waals surface area contributed by atoms with E-state index in [4.69, 9.17) is 0 Å². The van der Waals surface area contributed by atoms with Crippen LogP contribution in [-0.4, -0.2) is 0 Å². The second-order valence-corrected chi connectivity index (χ2v) is 3.67. The highest BCUT2D eigenvalue weighted by atomic mass is 14.0. The average Bonchev–Trinajstić information content (AvgIpc) is 2.47. The molecule has 0 radical (unpaired) electrons. The lowest BCUT2D eigenvalue weighted by Crippen LogP contribution is -1.82. The molecule has 0 aliphatic carbocycles. The van der Waals surface area contributed by atoms with Crippen LogP contribution in [0.1, 0.15) is 38.8 Å². The Balaban J connectivity index is 0.000000659. The predicted octanol–water partition coefficient (Wildman–Crippen LogP) is 6.02. The first kappa shape index (κ1) is 16.4. The van der Waals surface area contributed by atoms with Crippen molar-refractivity contribution in [3.63, 3.8) is 0 Å². The molecule has 0 aliphatic heterocycles. The molecule has 18 heavy (non-hydrogen) atoms. The molecule has 2 rings (SSSR count). The highest BCUT2D eigenvalue weighted by Gasteiger charge is 1.97.